The van der Waals surface area contributed by atoms with E-state index in [1.54, 1.807) is 36.1 Å². The average Bonchev–Trinajstić information content (AvgIpc) is 2.68. The number of amides is 1. The van der Waals surface area contributed by atoms with Crippen molar-refractivity contribution in [1.29, 1.82) is 5.26 Å². The van der Waals surface area contributed by atoms with E-state index in [0.717, 1.165) is 16.9 Å². The first kappa shape index (κ1) is 19.1. The van der Waals surface area contributed by atoms with E-state index in [1.807, 2.05) is 44.2 Å². The van der Waals surface area contributed by atoms with Gasteiger partial charge in [-0.15, -0.1) is 0 Å². The summed E-state index contributed by atoms with van der Waals surface area (Å²) in [6.45, 7) is 6.20. The molecular weight excluding hydrogens is 350 g/mol. The molecule has 0 radical (unpaired) electrons. The number of aryl methyl sites for hydroxylation is 2. The second-order valence-corrected chi connectivity index (χ2v) is 6.39. The van der Waals surface area contributed by atoms with Gasteiger partial charge in [0.25, 0.3) is 5.91 Å². The number of benzene rings is 2. The molecule has 1 N–H and O–H groups in total. The van der Waals surface area contributed by atoms with Crippen LogP contribution in [0.25, 0.3) is 0 Å². The minimum absolute atomic E-state index is 0.188. The molecule has 0 aliphatic heterocycles. The normalized spacial score (nSPS) is 10.2. The Morgan fingerprint density at radius 1 is 1.11 bits per heavy atom. The van der Waals surface area contributed by atoms with Crippen LogP contribution in [-0.4, -0.2) is 22.4 Å². The molecule has 0 aliphatic carbocycles. The fourth-order valence-corrected chi connectivity index (χ4v) is 2.93. The van der Waals surface area contributed by atoms with Crippen LogP contribution in [0.5, 0.6) is 0 Å². The summed E-state index contributed by atoms with van der Waals surface area (Å²) in [5.41, 5.74) is 3.50. The maximum Gasteiger partial charge on any atom is 0.277 e. The Hall–Kier alpha value is -3.72. The van der Waals surface area contributed by atoms with Gasteiger partial charge in [-0.2, -0.15) is 5.26 Å². The van der Waals surface area contributed by atoms with Gasteiger partial charge in [0.1, 0.15) is 17.3 Å². The molecule has 1 heterocycles. The van der Waals surface area contributed by atoms with Gasteiger partial charge in [-0.25, -0.2) is 9.97 Å². The number of nitrogens with one attached hydrogen (secondary N) is 1. The van der Waals surface area contributed by atoms with Crippen molar-refractivity contribution in [3.05, 3.63) is 77.2 Å². The first-order valence-electron chi connectivity index (χ1n) is 9.01. The molecule has 0 unspecified atom stereocenters. The van der Waals surface area contributed by atoms with Crippen molar-refractivity contribution in [1.82, 2.24) is 9.97 Å². The third kappa shape index (κ3) is 4.33. The summed E-state index contributed by atoms with van der Waals surface area (Å²) in [5.74, 6) is 0.809. The fraction of sp³-hybridized carbons (Fsp3) is 0.182. The number of carbonyl (C=O) groups is 1. The SMILES string of the molecule is CCN(C(=O)c1cc(Nc2cccc(C#N)c2)nc(C)n1)c1cccc(C)c1. The van der Waals surface area contributed by atoms with Crippen molar-refractivity contribution in [3.63, 3.8) is 0 Å². The lowest BCUT2D eigenvalue weighted by Gasteiger charge is -2.21. The maximum atomic E-state index is 13.1. The first-order chi connectivity index (χ1) is 13.5. The van der Waals surface area contributed by atoms with Crippen LogP contribution in [0.2, 0.25) is 0 Å². The minimum atomic E-state index is -0.188. The zero-order chi connectivity index (χ0) is 20.1. The van der Waals surface area contributed by atoms with Gasteiger partial charge in [0.05, 0.1) is 11.6 Å². The highest BCUT2D eigenvalue weighted by Gasteiger charge is 2.19. The summed E-state index contributed by atoms with van der Waals surface area (Å²) in [6.07, 6.45) is 0. The van der Waals surface area contributed by atoms with E-state index in [4.69, 9.17) is 5.26 Å². The van der Waals surface area contributed by atoms with Gasteiger partial charge in [0.2, 0.25) is 0 Å². The third-order valence-electron chi connectivity index (χ3n) is 4.20. The van der Waals surface area contributed by atoms with Gasteiger partial charge in [0, 0.05) is 24.0 Å². The Morgan fingerprint density at radius 3 is 2.61 bits per heavy atom. The van der Waals surface area contributed by atoms with Gasteiger partial charge < -0.3 is 10.2 Å². The first-order valence-corrected chi connectivity index (χ1v) is 9.01. The van der Waals surface area contributed by atoms with Crippen LogP contribution in [0.4, 0.5) is 17.2 Å². The van der Waals surface area contributed by atoms with E-state index in [-0.39, 0.29) is 5.91 Å². The van der Waals surface area contributed by atoms with Crippen molar-refractivity contribution in [2.24, 2.45) is 0 Å². The van der Waals surface area contributed by atoms with E-state index in [1.165, 1.54) is 0 Å². The zero-order valence-electron chi connectivity index (χ0n) is 16.1. The van der Waals surface area contributed by atoms with Crippen LogP contribution in [0.1, 0.15) is 34.4 Å². The lowest BCUT2D eigenvalue weighted by atomic mass is 10.2. The monoisotopic (exact) mass is 371 g/mol. The van der Waals surface area contributed by atoms with Gasteiger partial charge in [0.15, 0.2) is 0 Å². The Balaban J connectivity index is 1.91. The molecule has 0 saturated carbocycles. The summed E-state index contributed by atoms with van der Waals surface area (Å²) in [5, 5.41) is 12.2. The smallest absolute Gasteiger partial charge is 0.277 e. The quantitative estimate of drug-likeness (QED) is 0.720. The second-order valence-electron chi connectivity index (χ2n) is 6.39. The number of hydrogen-bond acceptors (Lipinski definition) is 5. The molecule has 0 fully saturated rings. The lowest BCUT2D eigenvalue weighted by molar-refractivity contribution is 0.0983. The number of nitriles is 1. The van der Waals surface area contributed by atoms with Gasteiger partial charge in [-0.05, 0) is 56.7 Å². The maximum absolute atomic E-state index is 13.1. The molecule has 6 nitrogen and oxygen atoms in total. The standard InChI is InChI=1S/C22H21N5O/c1-4-27(19-10-5-7-15(2)11-19)22(28)20-13-21(25-16(3)24-20)26-18-9-6-8-17(12-18)14-23/h5-13H,4H2,1-3H3,(H,24,25,26). The predicted molar refractivity (Wildman–Crippen MR) is 110 cm³/mol. The highest BCUT2D eigenvalue weighted by atomic mass is 16.2. The summed E-state index contributed by atoms with van der Waals surface area (Å²) in [4.78, 5) is 23.5. The summed E-state index contributed by atoms with van der Waals surface area (Å²) >= 11 is 0. The number of anilines is 3. The van der Waals surface area contributed by atoms with Crippen LogP contribution in [0, 0.1) is 25.2 Å². The molecule has 0 atom stereocenters. The molecule has 3 aromatic rings. The van der Waals surface area contributed by atoms with E-state index >= 15 is 0 Å². The Kier molecular flexibility index (Phi) is 5.66. The highest BCUT2D eigenvalue weighted by Crippen LogP contribution is 2.21. The average molecular weight is 371 g/mol. The lowest BCUT2D eigenvalue weighted by Crippen LogP contribution is -2.31. The topological polar surface area (TPSA) is 81.9 Å². The van der Waals surface area contributed by atoms with Gasteiger partial charge in [-0.3, -0.25) is 4.79 Å². The molecule has 0 spiro atoms. The minimum Gasteiger partial charge on any atom is -0.340 e. The summed E-state index contributed by atoms with van der Waals surface area (Å²) in [7, 11) is 0. The van der Waals surface area contributed by atoms with Crippen molar-refractivity contribution < 1.29 is 4.79 Å². The van der Waals surface area contributed by atoms with Crippen LogP contribution in [0.3, 0.4) is 0 Å². The molecule has 0 aliphatic rings. The van der Waals surface area contributed by atoms with E-state index in [9.17, 15) is 4.79 Å². The molecule has 0 bridgehead atoms. The van der Waals surface area contributed by atoms with Crippen LogP contribution in [0.15, 0.2) is 54.6 Å². The van der Waals surface area contributed by atoms with Crippen LogP contribution in [-0.2, 0) is 0 Å². The molecule has 140 valence electrons. The molecule has 6 heteroatoms. The highest BCUT2D eigenvalue weighted by molar-refractivity contribution is 6.05. The van der Waals surface area contributed by atoms with Crippen molar-refractivity contribution >= 4 is 23.1 Å². The number of hydrogen-bond donors (Lipinski definition) is 1. The molecule has 28 heavy (non-hydrogen) atoms. The van der Waals surface area contributed by atoms with Gasteiger partial charge >= 0.3 is 0 Å². The predicted octanol–water partition coefficient (Wildman–Crippen LogP) is 4.38. The van der Waals surface area contributed by atoms with Gasteiger partial charge in [-0.1, -0.05) is 18.2 Å². The summed E-state index contributed by atoms with van der Waals surface area (Å²) in [6, 6.07) is 18.6. The zero-order valence-corrected chi connectivity index (χ0v) is 16.1. The molecular formula is C22H21N5O. The molecule has 0 saturated heterocycles. The Labute approximate surface area is 164 Å². The molecule has 3 rings (SSSR count). The van der Waals surface area contributed by atoms with Crippen LogP contribution >= 0.6 is 0 Å². The van der Waals surface area contributed by atoms with E-state index < -0.39 is 0 Å². The number of nitrogens with zero attached hydrogens (tertiary/aromatic N) is 4. The second kappa shape index (κ2) is 8.31. The fourth-order valence-electron chi connectivity index (χ4n) is 2.93. The largest absolute Gasteiger partial charge is 0.340 e. The number of aromatic nitrogens is 2. The van der Waals surface area contributed by atoms with Crippen molar-refractivity contribution in [2.75, 3.05) is 16.8 Å². The number of carbonyl (C=O) groups excluding carboxylic acids is 1. The molecule has 1 amide bonds. The molecule has 2 aromatic carbocycles. The third-order valence-corrected chi connectivity index (χ3v) is 4.20. The van der Waals surface area contributed by atoms with Crippen molar-refractivity contribution in [2.45, 2.75) is 20.8 Å². The van der Waals surface area contributed by atoms with Crippen LogP contribution < -0.4 is 10.2 Å². The van der Waals surface area contributed by atoms with E-state index in [2.05, 4.69) is 21.4 Å². The summed E-state index contributed by atoms with van der Waals surface area (Å²) < 4.78 is 0. The Bertz CT molecular complexity index is 1050. The molecule has 1 aromatic heterocycles. The van der Waals surface area contributed by atoms with Crippen molar-refractivity contribution in [3.8, 4) is 6.07 Å². The Morgan fingerprint density at radius 2 is 1.89 bits per heavy atom. The number of rotatable bonds is 5. The van der Waals surface area contributed by atoms with E-state index in [0.29, 0.717) is 29.4 Å².